The fourth-order valence-electron chi connectivity index (χ4n) is 4.06. The van der Waals surface area contributed by atoms with Crippen LogP contribution in [-0.4, -0.2) is 4.75 Å². The van der Waals surface area contributed by atoms with Crippen molar-refractivity contribution in [1.29, 1.82) is 0 Å². The van der Waals surface area contributed by atoms with Gasteiger partial charge in [0.25, 0.3) is 0 Å². The summed E-state index contributed by atoms with van der Waals surface area (Å²) in [6.07, 6.45) is 2.92. The van der Waals surface area contributed by atoms with Gasteiger partial charge in [-0.05, 0) is 42.4 Å². The molecule has 3 aliphatic carbocycles. The Kier molecular flexibility index (Phi) is 1.03. The lowest BCUT2D eigenvalue weighted by Crippen LogP contribution is -2.71. The van der Waals surface area contributed by atoms with Crippen LogP contribution in [0.2, 0.25) is 0 Å². The van der Waals surface area contributed by atoms with E-state index in [4.69, 9.17) is 12.6 Å². The molecule has 3 rings (SSSR count). The molecule has 1 heteroatoms. The normalized spacial score (nSPS) is 71.7. The highest BCUT2D eigenvalue weighted by Gasteiger charge is 2.69. The van der Waals surface area contributed by atoms with E-state index in [1.807, 2.05) is 0 Å². The van der Waals surface area contributed by atoms with Crippen molar-refractivity contribution in [3.8, 4) is 0 Å². The Morgan fingerprint density at radius 1 is 1.36 bits per heavy atom. The molecular weight excluding hydrogens is 152 g/mol. The first-order chi connectivity index (χ1) is 5.11. The molecule has 0 amide bonds. The van der Waals surface area contributed by atoms with Gasteiger partial charge in [-0.15, -0.1) is 0 Å². The molecule has 0 bridgehead atoms. The molecule has 11 heavy (non-hydrogen) atoms. The molecule has 6 atom stereocenters. The summed E-state index contributed by atoms with van der Waals surface area (Å²) in [6.45, 7) is 4.75. The molecule has 62 valence electrons. The largest absolute Gasteiger partial charge is 0.172 e. The summed E-state index contributed by atoms with van der Waals surface area (Å²) >= 11 is 4.72. The van der Waals surface area contributed by atoms with Crippen LogP contribution >= 0.6 is 12.6 Å². The number of thiol groups is 1. The quantitative estimate of drug-likeness (QED) is 0.528. The Labute approximate surface area is 74.2 Å². The SMILES string of the molecule is CC1CC2C3CC(C)(S)C3C12. The summed E-state index contributed by atoms with van der Waals surface area (Å²) in [6, 6.07) is 0. The van der Waals surface area contributed by atoms with Crippen LogP contribution in [0.5, 0.6) is 0 Å². The third kappa shape index (κ3) is 0.577. The Morgan fingerprint density at radius 3 is 2.55 bits per heavy atom. The zero-order valence-electron chi connectivity index (χ0n) is 7.25. The van der Waals surface area contributed by atoms with Crippen LogP contribution in [0.1, 0.15) is 26.7 Å². The van der Waals surface area contributed by atoms with Crippen LogP contribution in [0.25, 0.3) is 0 Å². The van der Waals surface area contributed by atoms with E-state index in [1.165, 1.54) is 12.8 Å². The Bertz CT molecular complexity index is 209. The van der Waals surface area contributed by atoms with Crippen molar-refractivity contribution < 1.29 is 0 Å². The molecule has 0 heterocycles. The van der Waals surface area contributed by atoms with Crippen LogP contribution in [0.3, 0.4) is 0 Å². The van der Waals surface area contributed by atoms with Crippen molar-refractivity contribution in [2.45, 2.75) is 31.4 Å². The molecule has 0 radical (unpaired) electrons. The highest BCUT2D eigenvalue weighted by Crippen LogP contribution is 2.73. The molecule has 3 aliphatic rings. The lowest BCUT2D eigenvalue weighted by Gasteiger charge is -2.74. The first kappa shape index (κ1) is 6.82. The molecule has 0 saturated heterocycles. The molecule has 6 unspecified atom stereocenters. The van der Waals surface area contributed by atoms with Gasteiger partial charge in [0, 0.05) is 4.75 Å². The molecular formula is C10H16S. The van der Waals surface area contributed by atoms with Gasteiger partial charge >= 0.3 is 0 Å². The van der Waals surface area contributed by atoms with E-state index < -0.39 is 0 Å². The van der Waals surface area contributed by atoms with Crippen molar-refractivity contribution in [2.24, 2.45) is 29.6 Å². The van der Waals surface area contributed by atoms with Crippen LogP contribution in [-0.2, 0) is 0 Å². The van der Waals surface area contributed by atoms with Gasteiger partial charge in [0.1, 0.15) is 0 Å². The average molecular weight is 168 g/mol. The van der Waals surface area contributed by atoms with E-state index in [9.17, 15) is 0 Å². The number of fused-ring (bicyclic) bond motifs is 4. The van der Waals surface area contributed by atoms with Gasteiger partial charge in [-0.1, -0.05) is 13.8 Å². The molecule has 0 spiro atoms. The van der Waals surface area contributed by atoms with Crippen LogP contribution in [0.4, 0.5) is 0 Å². The van der Waals surface area contributed by atoms with Crippen molar-refractivity contribution in [3.63, 3.8) is 0 Å². The summed E-state index contributed by atoms with van der Waals surface area (Å²) < 4.78 is 0.417. The monoisotopic (exact) mass is 168 g/mol. The maximum absolute atomic E-state index is 4.72. The lowest BCUT2D eigenvalue weighted by atomic mass is 9.33. The van der Waals surface area contributed by atoms with Crippen molar-refractivity contribution in [3.05, 3.63) is 0 Å². The van der Waals surface area contributed by atoms with E-state index >= 15 is 0 Å². The minimum Gasteiger partial charge on any atom is -0.172 e. The molecule has 0 nitrogen and oxygen atoms in total. The van der Waals surface area contributed by atoms with E-state index in [1.54, 1.807) is 0 Å². The second-order valence-electron chi connectivity index (χ2n) is 5.21. The Morgan fingerprint density at radius 2 is 2.09 bits per heavy atom. The predicted molar refractivity (Wildman–Crippen MR) is 49.7 cm³/mol. The summed E-state index contributed by atoms with van der Waals surface area (Å²) in [7, 11) is 0. The standard InChI is InChI=1S/C10H16S/c1-5-3-6-7-4-10(2,11)9(7)8(5)6/h5-9,11H,3-4H2,1-2H3. The van der Waals surface area contributed by atoms with Crippen molar-refractivity contribution >= 4 is 12.6 Å². The number of hydrogen-bond donors (Lipinski definition) is 1. The lowest BCUT2D eigenvalue weighted by molar-refractivity contribution is -0.217. The number of hydrogen-bond acceptors (Lipinski definition) is 1. The molecule has 0 N–H and O–H groups in total. The van der Waals surface area contributed by atoms with E-state index in [0.717, 1.165) is 29.6 Å². The molecule has 0 aromatic rings. The smallest absolute Gasteiger partial charge is 0.0138 e. The molecule has 0 aromatic carbocycles. The second kappa shape index (κ2) is 1.66. The zero-order chi connectivity index (χ0) is 7.80. The van der Waals surface area contributed by atoms with Gasteiger partial charge in [0.05, 0.1) is 0 Å². The molecule has 3 saturated carbocycles. The van der Waals surface area contributed by atoms with Gasteiger partial charge in [0.2, 0.25) is 0 Å². The van der Waals surface area contributed by atoms with Gasteiger partial charge in [-0.25, -0.2) is 0 Å². The van der Waals surface area contributed by atoms with Gasteiger partial charge < -0.3 is 0 Å². The first-order valence-electron chi connectivity index (χ1n) is 4.83. The highest BCUT2D eigenvalue weighted by molar-refractivity contribution is 7.81. The topological polar surface area (TPSA) is 0 Å². The maximum atomic E-state index is 4.72. The average Bonchev–Trinajstić information content (AvgIpc) is 1.91. The third-order valence-electron chi connectivity index (χ3n) is 4.59. The molecule has 0 aliphatic heterocycles. The molecule has 3 fully saturated rings. The minimum atomic E-state index is 0.417. The van der Waals surface area contributed by atoms with Crippen LogP contribution < -0.4 is 0 Å². The van der Waals surface area contributed by atoms with Gasteiger partial charge in [-0.3, -0.25) is 0 Å². The van der Waals surface area contributed by atoms with Crippen molar-refractivity contribution in [2.75, 3.05) is 0 Å². The van der Waals surface area contributed by atoms with Crippen molar-refractivity contribution in [1.82, 2.24) is 0 Å². The fraction of sp³-hybridized carbons (Fsp3) is 1.00. The zero-order valence-corrected chi connectivity index (χ0v) is 8.14. The van der Waals surface area contributed by atoms with Gasteiger partial charge in [-0.2, -0.15) is 12.6 Å². The summed E-state index contributed by atoms with van der Waals surface area (Å²) in [4.78, 5) is 0. The summed E-state index contributed by atoms with van der Waals surface area (Å²) in [5, 5.41) is 0. The van der Waals surface area contributed by atoms with E-state index in [-0.39, 0.29) is 0 Å². The predicted octanol–water partition coefficient (Wildman–Crippen LogP) is 2.60. The second-order valence-corrected chi connectivity index (χ2v) is 6.23. The maximum Gasteiger partial charge on any atom is 0.0138 e. The number of rotatable bonds is 0. The van der Waals surface area contributed by atoms with Crippen LogP contribution in [0, 0.1) is 29.6 Å². The Balaban J connectivity index is 1.81. The Hall–Kier alpha value is 0.350. The summed E-state index contributed by atoms with van der Waals surface area (Å²) in [5.74, 6) is 5.33. The molecule has 0 aromatic heterocycles. The van der Waals surface area contributed by atoms with Crippen LogP contribution in [0.15, 0.2) is 0 Å². The fourth-order valence-corrected chi connectivity index (χ4v) is 4.64. The first-order valence-corrected chi connectivity index (χ1v) is 5.28. The minimum absolute atomic E-state index is 0.417. The summed E-state index contributed by atoms with van der Waals surface area (Å²) in [5.41, 5.74) is 0. The van der Waals surface area contributed by atoms with E-state index in [2.05, 4.69) is 13.8 Å². The highest BCUT2D eigenvalue weighted by atomic mass is 32.1. The van der Waals surface area contributed by atoms with Gasteiger partial charge in [0.15, 0.2) is 0 Å². The third-order valence-corrected chi connectivity index (χ3v) is 5.07. The van der Waals surface area contributed by atoms with E-state index in [0.29, 0.717) is 4.75 Å².